The number of carbonyl (C=O) groups excluding carboxylic acids is 1. The molecule has 0 bridgehead atoms. The predicted octanol–water partition coefficient (Wildman–Crippen LogP) is 0.855. The molecule has 1 fully saturated rings. The van der Waals surface area contributed by atoms with E-state index < -0.39 is 6.04 Å². The van der Waals surface area contributed by atoms with E-state index in [1.807, 2.05) is 4.90 Å². The summed E-state index contributed by atoms with van der Waals surface area (Å²) in [5, 5.41) is 0.806. The van der Waals surface area contributed by atoms with E-state index in [-0.39, 0.29) is 11.5 Å². The maximum absolute atomic E-state index is 12.6. The van der Waals surface area contributed by atoms with E-state index in [1.54, 1.807) is 18.3 Å². The Morgan fingerprint density at radius 2 is 2.00 bits per heavy atom. The molecule has 1 unspecified atom stereocenters. The van der Waals surface area contributed by atoms with Crippen molar-refractivity contribution in [2.75, 3.05) is 26.2 Å². The van der Waals surface area contributed by atoms with Gasteiger partial charge in [0.2, 0.25) is 5.91 Å². The van der Waals surface area contributed by atoms with Gasteiger partial charge in [0.05, 0.1) is 18.0 Å². The Balaban J connectivity index is 1.48. The number of aryl methyl sites for hydroxylation is 2. The van der Waals surface area contributed by atoms with Crippen LogP contribution in [-0.2, 0) is 24.2 Å². The van der Waals surface area contributed by atoms with Gasteiger partial charge < -0.3 is 15.6 Å². The van der Waals surface area contributed by atoms with Gasteiger partial charge in [-0.25, -0.2) is 4.98 Å². The number of aromatic nitrogens is 2. The van der Waals surface area contributed by atoms with E-state index in [2.05, 4.69) is 9.88 Å². The molecule has 26 heavy (non-hydrogen) atoms. The molecule has 8 heteroatoms. The van der Waals surface area contributed by atoms with E-state index in [4.69, 9.17) is 10.7 Å². The highest BCUT2D eigenvalue weighted by Gasteiger charge is 2.24. The molecule has 2 aliphatic rings. The first-order chi connectivity index (χ1) is 12.5. The summed E-state index contributed by atoms with van der Waals surface area (Å²) in [6.07, 6.45) is 4.43. The Bertz CT molecular complexity index is 880. The average Bonchev–Trinajstić information content (AvgIpc) is 3.00. The highest BCUT2D eigenvalue weighted by Crippen LogP contribution is 2.33. The van der Waals surface area contributed by atoms with Gasteiger partial charge in [-0.05, 0) is 38.2 Å². The first kappa shape index (κ1) is 17.6. The number of nitrogens with one attached hydrogen (secondary N) is 1. The molecule has 7 nitrogen and oxygen atoms in total. The average molecular weight is 375 g/mol. The molecule has 3 N–H and O–H groups in total. The van der Waals surface area contributed by atoms with Crippen molar-refractivity contribution in [3.8, 4) is 0 Å². The zero-order chi connectivity index (χ0) is 18.3. The van der Waals surface area contributed by atoms with Gasteiger partial charge in [0.1, 0.15) is 10.7 Å². The quantitative estimate of drug-likeness (QED) is 0.829. The molecule has 2 aromatic rings. The number of hydrogen-bond donors (Lipinski definition) is 2. The monoisotopic (exact) mass is 375 g/mol. The fourth-order valence-electron chi connectivity index (χ4n) is 3.91. The number of carbonyl (C=O) groups is 1. The first-order valence-corrected chi connectivity index (χ1v) is 10.1. The smallest absolute Gasteiger partial charge is 0.259 e. The lowest BCUT2D eigenvalue weighted by Gasteiger charge is -2.35. The molecular weight excluding hydrogens is 350 g/mol. The minimum Gasteiger partial charge on any atom is -0.339 e. The number of aromatic amines is 1. The normalized spacial score (nSPS) is 19.5. The van der Waals surface area contributed by atoms with Crippen LogP contribution in [0, 0.1) is 0 Å². The van der Waals surface area contributed by atoms with Crippen LogP contribution < -0.4 is 11.3 Å². The SMILES string of the molecule is CC(N)C(=O)N1CCN(Cc2nc3sc4c(c3c(=O)[nH]2)CCCC4)CC1. The fraction of sp³-hybridized carbons (Fsp3) is 0.611. The second kappa shape index (κ2) is 7.09. The van der Waals surface area contributed by atoms with Gasteiger partial charge in [0.25, 0.3) is 5.56 Å². The molecule has 0 saturated carbocycles. The van der Waals surface area contributed by atoms with Crippen molar-refractivity contribution in [2.24, 2.45) is 5.73 Å². The molecule has 1 aliphatic heterocycles. The molecule has 1 aliphatic carbocycles. The van der Waals surface area contributed by atoms with Crippen LogP contribution in [0.2, 0.25) is 0 Å². The van der Waals surface area contributed by atoms with Crippen LogP contribution >= 0.6 is 11.3 Å². The lowest BCUT2D eigenvalue weighted by Crippen LogP contribution is -2.52. The largest absolute Gasteiger partial charge is 0.339 e. The zero-order valence-corrected chi connectivity index (χ0v) is 15.9. The number of hydrogen-bond acceptors (Lipinski definition) is 6. The molecule has 1 saturated heterocycles. The summed E-state index contributed by atoms with van der Waals surface area (Å²) < 4.78 is 0. The number of piperazine rings is 1. The number of amides is 1. The van der Waals surface area contributed by atoms with Crippen LogP contribution in [0.15, 0.2) is 4.79 Å². The molecule has 2 aromatic heterocycles. The summed E-state index contributed by atoms with van der Waals surface area (Å²) >= 11 is 1.68. The topological polar surface area (TPSA) is 95.3 Å². The third kappa shape index (κ3) is 3.28. The first-order valence-electron chi connectivity index (χ1n) is 9.33. The molecule has 0 aromatic carbocycles. The molecule has 0 spiro atoms. The summed E-state index contributed by atoms with van der Waals surface area (Å²) in [7, 11) is 0. The molecule has 4 rings (SSSR count). The Kier molecular flexibility index (Phi) is 4.81. The Hall–Kier alpha value is -1.77. The third-order valence-electron chi connectivity index (χ3n) is 5.32. The highest BCUT2D eigenvalue weighted by atomic mass is 32.1. The van der Waals surface area contributed by atoms with E-state index in [1.165, 1.54) is 16.9 Å². The second-order valence-corrected chi connectivity index (χ2v) is 8.38. The van der Waals surface area contributed by atoms with E-state index in [9.17, 15) is 9.59 Å². The fourth-order valence-corrected chi connectivity index (χ4v) is 5.19. The van der Waals surface area contributed by atoms with Crippen LogP contribution in [-0.4, -0.2) is 57.9 Å². The molecule has 3 heterocycles. The van der Waals surface area contributed by atoms with Crippen molar-refractivity contribution in [3.63, 3.8) is 0 Å². The van der Waals surface area contributed by atoms with Crippen LogP contribution in [0.1, 0.15) is 36.0 Å². The maximum atomic E-state index is 12.6. The molecule has 0 radical (unpaired) electrons. The van der Waals surface area contributed by atoms with Gasteiger partial charge in [0, 0.05) is 31.1 Å². The van der Waals surface area contributed by atoms with Gasteiger partial charge in [-0.3, -0.25) is 14.5 Å². The van der Waals surface area contributed by atoms with Crippen molar-refractivity contribution in [3.05, 3.63) is 26.6 Å². The maximum Gasteiger partial charge on any atom is 0.259 e. The third-order valence-corrected chi connectivity index (χ3v) is 6.51. The van der Waals surface area contributed by atoms with Gasteiger partial charge in [-0.2, -0.15) is 0 Å². The van der Waals surface area contributed by atoms with Crippen molar-refractivity contribution >= 4 is 27.5 Å². The van der Waals surface area contributed by atoms with Crippen molar-refractivity contribution in [1.29, 1.82) is 0 Å². The van der Waals surface area contributed by atoms with Crippen LogP contribution in [0.4, 0.5) is 0 Å². The van der Waals surface area contributed by atoms with Crippen LogP contribution in [0.5, 0.6) is 0 Å². The van der Waals surface area contributed by atoms with E-state index in [0.717, 1.165) is 42.6 Å². The molecule has 140 valence electrons. The summed E-state index contributed by atoms with van der Waals surface area (Å²) in [6, 6.07) is -0.452. The number of thiophene rings is 1. The van der Waals surface area contributed by atoms with E-state index >= 15 is 0 Å². The minimum atomic E-state index is -0.452. The number of fused-ring (bicyclic) bond motifs is 3. The van der Waals surface area contributed by atoms with E-state index in [0.29, 0.717) is 25.5 Å². The van der Waals surface area contributed by atoms with Gasteiger partial charge in [0.15, 0.2) is 0 Å². The standard InChI is InChI=1S/C18H25N5O2S/c1-11(19)18(25)23-8-6-22(7-9-23)10-14-20-16(24)15-12-4-2-3-5-13(12)26-17(15)21-14/h11H,2-10,19H2,1H3,(H,20,21,24). The van der Waals surface area contributed by atoms with Gasteiger partial charge >= 0.3 is 0 Å². The van der Waals surface area contributed by atoms with Crippen LogP contribution in [0.25, 0.3) is 10.2 Å². The van der Waals surface area contributed by atoms with Gasteiger partial charge in [-0.1, -0.05) is 0 Å². The number of rotatable bonds is 3. The Morgan fingerprint density at radius 1 is 1.27 bits per heavy atom. The van der Waals surface area contributed by atoms with Gasteiger partial charge in [-0.15, -0.1) is 11.3 Å². The Morgan fingerprint density at radius 3 is 2.73 bits per heavy atom. The zero-order valence-electron chi connectivity index (χ0n) is 15.1. The summed E-state index contributed by atoms with van der Waals surface area (Å²) in [5.41, 5.74) is 6.90. The minimum absolute atomic E-state index is 0.00164. The lowest BCUT2D eigenvalue weighted by molar-refractivity contribution is -0.134. The summed E-state index contributed by atoms with van der Waals surface area (Å²) in [6.45, 7) is 5.19. The number of H-pyrrole nitrogens is 1. The lowest BCUT2D eigenvalue weighted by atomic mass is 9.97. The van der Waals surface area contributed by atoms with Crippen molar-refractivity contribution < 1.29 is 4.79 Å². The number of nitrogens with two attached hydrogens (primary N) is 1. The van der Waals surface area contributed by atoms with Crippen molar-refractivity contribution in [2.45, 2.75) is 45.2 Å². The second-order valence-electron chi connectivity index (χ2n) is 7.29. The number of nitrogens with zero attached hydrogens (tertiary/aromatic N) is 3. The summed E-state index contributed by atoms with van der Waals surface area (Å²) in [4.78, 5) is 38.6. The predicted molar refractivity (Wildman–Crippen MR) is 102 cm³/mol. The molecule has 1 atom stereocenters. The van der Waals surface area contributed by atoms with Crippen LogP contribution in [0.3, 0.4) is 0 Å². The highest BCUT2D eigenvalue weighted by molar-refractivity contribution is 7.18. The molecular formula is C18H25N5O2S. The molecule has 1 amide bonds. The van der Waals surface area contributed by atoms with Crippen molar-refractivity contribution in [1.82, 2.24) is 19.8 Å². The Labute approximate surface area is 156 Å². The summed E-state index contributed by atoms with van der Waals surface area (Å²) in [5.74, 6) is 0.717.